The van der Waals surface area contributed by atoms with Crippen molar-refractivity contribution in [3.8, 4) is 5.75 Å². The lowest BCUT2D eigenvalue weighted by Crippen LogP contribution is -2.33. The number of carbonyl (C=O) groups is 2. The standard InChI is InChI=1S/C15H20N2O4/c1-17(11-6-7-11)14(18)10-21-15(19)8-9-20-13-5-3-2-4-12(13)16/h2-5,11H,6-10,16H2,1H3. The fourth-order valence-electron chi connectivity index (χ4n) is 1.84. The summed E-state index contributed by atoms with van der Waals surface area (Å²) in [5.41, 5.74) is 6.23. The van der Waals surface area contributed by atoms with Gasteiger partial charge in [0.25, 0.3) is 5.91 Å². The summed E-state index contributed by atoms with van der Waals surface area (Å²) < 4.78 is 10.3. The van der Waals surface area contributed by atoms with E-state index >= 15 is 0 Å². The second-order valence-corrected chi connectivity index (χ2v) is 5.03. The van der Waals surface area contributed by atoms with Gasteiger partial charge in [0, 0.05) is 13.1 Å². The number of anilines is 1. The van der Waals surface area contributed by atoms with E-state index in [4.69, 9.17) is 15.2 Å². The highest BCUT2D eigenvalue weighted by Gasteiger charge is 2.29. The molecule has 0 aliphatic heterocycles. The normalized spacial score (nSPS) is 13.6. The van der Waals surface area contributed by atoms with Gasteiger partial charge in [-0.25, -0.2) is 0 Å². The van der Waals surface area contributed by atoms with Crippen LogP contribution in [0.5, 0.6) is 5.75 Å². The first-order valence-corrected chi connectivity index (χ1v) is 6.96. The zero-order valence-electron chi connectivity index (χ0n) is 12.1. The Balaban J connectivity index is 1.63. The van der Waals surface area contributed by atoms with Gasteiger partial charge < -0.3 is 20.1 Å². The maximum Gasteiger partial charge on any atom is 0.309 e. The number of ether oxygens (including phenoxy) is 2. The quantitative estimate of drug-likeness (QED) is 0.603. The Morgan fingerprint density at radius 2 is 2.05 bits per heavy atom. The number of benzene rings is 1. The van der Waals surface area contributed by atoms with E-state index in [9.17, 15) is 9.59 Å². The average molecular weight is 292 g/mol. The van der Waals surface area contributed by atoms with Crippen LogP contribution in [0.15, 0.2) is 24.3 Å². The molecule has 0 atom stereocenters. The Kier molecular flexibility index (Phi) is 5.03. The number of nitrogens with two attached hydrogens (primary N) is 1. The van der Waals surface area contributed by atoms with E-state index in [1.54, 1.807) is 36.2 Å². The predicted molar refractivity (Wildman–Crippen MR) is 77.7 cm³/mol. The van der Waals surface area contributed by atoms with Gasteiger partial charge in [-0.2, -0.15) is 0 Å². The molecule has 1 saturated carbocycles. The molecule has 0 heterocycles. The number of amides is 1. The molecule has 114 valence electrons. The van der Waals surface area contributed by atoms with E-state index in [1.165, 1.54) is 0 Å². The highest BCUT2D eigenvalue weighted by atomic mass is 16.5. The lowest BCUT2D eigenvalue weighted by Gasteiger charge is -2.16. The van der Waals surface area contributed by atoms with Gasteiger partial charge >= 0.3 is 5.97 Å². The van der Waals surface area contributed by atoms with Crippen LogP contribution < -0.4 is 10.5 Å². The third kappa shape index (κ3) is 4.66. The molecule has 1 aromatic rings. The molecule has 0 aromatic heterocycles. The summed E-state index contributed by atoms with van der Waals surface area (Å²) in [6, 6.07) is 7.38. The maximum atomic E-state index is 11.7. The molecule has 1 aromatic carbocycles. The minimum Gasteiger partial charge on any atom is -0.491 e. The first kappa shape index (κ1) is 15.2. The van der Waals surface area contributed by atoms with E-state index in [-0.39, 0.29) is 25.5 Å². The van der Waals surface area contributed by atoms with Crippen LogP contribution >= 0.6 is 0 Å². The first-order valence-electron chi connectivity index (χ1n) is 6.96. The third-order valence-corrected chi connectivity index (χ3v) is 3.33. The van der Waals surface area contributed by atoms with Gasteiger partial charge in [-0.3, -0.25) is 9.59 Å². The molecule has 0 radical (unpaired) electrons. The molecule has 21 heavy (non-hydrogen) atoms. The summed E-state index contributed by atoms with van der Waals surface area (Å²) in [7, 11) is 1.73. The largest absolute Gasteiger partial charge is 0.491 e. The molecule has 0 unspecified atom stereocenters. The molecule has 2 rings (SSSR count). The Bertz CT molecular complexity index is 514. The van der Waals surface area contributed by atoms with Gasteiger partial charge in [0.2, 0.25) is 0 Å². The molecule has 1 amide bonds. The van der Waals surface area contributed by atoms with Crippen molar-refractivity contribution >= 4 is 17.6 Å². The molecule has 0 spiro atoms. The van der Waals surface area contributed by atoms with Crippen molar-refractivity contribution in [2.24, 2.45) is 0 Å². The number of hydrogen-bond donors (Lipinski definition) is 1. The van der Waals surface area contributed by atoms with Gasteiger partial charge in [-0.05, 0) is 25.0 Å². The third-order valence-electron chi connectivity index (χ3n) is 3.33. The summed E-state index contributed by atoms with van der Waals surface area (Å²) in [5, 5.41) is 0. The van der Waals surface area contributed by atoms with E-state index in [0.717, 1.165) is 12.8 Å². The van der Waals surface area contributed by atoms with Crippen molar-refractivity contribution in [3.05, 3.63) is 24.3 Å². The van der Waals surface area contributed by atoms with Gasteiger partial charge in [-0.1, -0.05) is 12.1 Å². The van der Waals surface area contributed by atoms with Gasteiger partial charge in [0.15, 0.2) is 6.61 Å². The monoisotopic (exact) mass is 292 g/mol. The van der Waals surface area contributed by atoms with Crippen LogP contribution in [-0.4, -0.2) is 43.1 Å². The molecule has 6 nitrogen and oxygen atoms in total. The van der Waals surface area contributed by atoms with Crippen LogP contribution in [0.3, 0.4) is 0 Å². The van der Waals surface area contributed by atoms with Crippen LogP contribution in [0.2, 0.25) is 0 Å². The summed E-state index contributed by atoms with van der Waals surface area (Å²) in [4.78, 5) is 24.8. The maximum absolute atomic E-state index is 11.7. The number of carbonyl (C=O) groups excluding carboxylic acids is 2. The molecule has 1 aliphatic carbocycles. The first-order chi connectivity index (χ1) is 10.1. The van der Waals surface area contributed by atoms with Crippen molar-refractivity contribution in [1.29, 1.82) is 0 Å². The Hall–Kier alpha value is -2.24. The number of hydrogen-bond acceptors (Lipinski definition) is 5. The molecule has 6 heteroatoms. The smallest absolute Gasteiger partial charge is 0.309 e. The summed E-state index contributed by atoms with van der Waals surface area (Å²) in [6.07, 6.45) is 2.14. The molecule has 1 fully saturated rings. The second kappa shape index (κ2) is 6.97. The Labute approximate surface area is 123 Å². The van der Waals surface area contributed by atoms with Gasteiger partial charge in [0.1, 0.15) is 5.75 Å². The molecular weight excluding hydrogens is 272 g/mol. The van der Waals surface area contributed by atoms with Crippen LogP contribution in [0.25, 0.3) is 0 Å². The highest BCUT2D eigenvalue weighted by Crippen LogP contribution is 2.25. The predicted octanol–water partition coefficient (Wildman–Crippen LogP) is 1.20. The molecule has 2 N–H and O–H groups in total. The van der Waals surface area contributed by atoms with E-state index in [1.807, 2.05) is 0 Å². The van der Waals surface area contributed by atoms with Crippen molar-refractivity contribution in [2.75, 3.05) is 26.0 Å². The topological polar surface area (TPSA) is 81.9 Å². The van der Waals surface area contributed by atoms with Crippen molar-refractivity contribution in [1.82, 2.24) is 4.90 Å². The molecule has 0 saturated heterocycles. The summed E-state index contributed by atoms with van der Waals surface area (Å²) >= 11 is 0. The highest BCUT2D eigenvalue weighted by molar-refractivity contribution is 5.80. The van der Waals surface area contributed by atoms with Crippen LogP contribution in [-0.2, 0) is 14.3 Å². The van der Waals surface area contributed by atoms with Crippen LogP contribution in [0, 0.1) is 0 Å². The minimum atomic E-state index is -0.456. The zero-order valence-corrected chi connectivity index (χ0v) is 12.1. The molecular formula is C15H20N2O4. The fraction of sp³-hybridized carbons (Fsp3) is 0.467. The second-order valence-electron chi connectivity index (χ2n) is 5.03. The van der Waals surface area contributed by atoms with E-state index in [0.29, 0.717) is 17.5 Å². The number of nitrogen functional groups attached to an aromatic ring is 1. The number of para-hydroxylation sites is 2. The summed E-state index contributed by atoms with van der Waals surface area (Å²) in [5.74, 6) is -0.0871. The van der Waals surface area contributed by atoms with Gasteiger partial charge in [-0.15, -0.1) is 0 Å². The lowest BCUT2D eigenvalue weighted by atomic mass is 10.3. The number of esters is 1. The van der Waals surface area contributed by atoms with Crippen molar-refractivity contribution in [2.45, 2.75) is 25.3 Å². The van der Waals surface area contributed by atoms with Crippen LogP contribution in [0.4, 0.5) is 5.69 Å². The van der Waals surface area contributed by atoms with E-state index in [2.05, 4.69) is 0 Å². The number of rotatable bonds is 7. The zero-order chi connectivity index (χ0) is 15.2. The number of nitrogens with zero attached hydrogens (tertiary/aromatic N) is 1. The Morgan fingerprint density at radius 3 is 2.71 bits per heavy atom. The minimum absolute atomic E-state index is 0.0781. The molecule has 0 bridgehead atoms. The van der Waals surface area contributed by atoms with Gasteiger partial charge in [0.05, 0.1) is 18.7 Å². The molecule has 1 aliphatic rings. The van der Waals surface area contributed by atoms with Crippen molar-refractivity contribution < 1.29 is 19.1 Å². The summed E-state index contributed by atoms with van der Waals surface area (Å²) in [6.45, 7) is -0.0426. The fourth-order valence-corrected chi connectivity index (χ4v) is 1.84. The Morgan fingerprint density at radius 1 is 1.33 bits per heavy atom. The van der Waals surface area contributed by atoms with Crippen LogP contribution in [0.1, 0.15) is 19.3 Å². The van der Waals surface area contributed by atoms with Crippen molar-refractivity contribution in [3.63, 3.8) is 0 Å². The van der Waals surface area contributed by atoms with E-state index < -0.39 is 5.97 Å². The SMILES string of the molecule is CN(C(=O)COC(=O)CCOc1ccccc1N)C1CC1. The number of likely N-dealkylation sites (N-methyl/N-ethyl adjacent to an activating group) is 1. The lowest BCUT2D eigenvalue weighted by molar-refractivity contribution is -0.152. The average Bonchev–Trinajstić information content (AvgIpc) is 3.30.